The molecule has 0 aliphatic heterocycles. The average Bonchev–Trinajstić information content (AvgIpc) is 2.43. The Morgan fingerprint density at radius 1 is 1.37 bits per heavy atom. The largest absolute Gasteiger partial charge is 0.480 e. The zero-order chi connectivity index (χ0) is 13.7. The van der Waals surface area contributed by atoms with Crippen molar-refractivity contribution in [2.45, 2.75) is 32.2 Å². The van der Waals surface area contributed by atoms with Crippen LogP contribution in [-0.2, 0) is 4.79 Å². The monoisotopic (exact) mass is 259 g/mol. The van der Waals surface area contributed by atoms with Crippen LogP contribution < -0.4 is 5.32 Å². The highest BCUT2D eigenvalue weighted by Crippen LogP contribution is 2.13. The van der Waals surface area contributed by atoms with Crippen LogP contribution in [0.15, 0.2) is 30.5 Å². The van der Waals surface area contributed by atoms with E-state index >= 15 is 0 Å². The fourth-order valence-electron chi connectivity index (χ4n) is 1.87. The summed E-state index contributed by atoms with van der Waals surface area (Å²) in [5.41, 5.74) is 1.56. The van der Waals surface area contributed by atoms with Crippen LogP contribution in [0.3, 0.4) is 0 Å². The predicted octanol–water partition coefficient (Wildman–Crippen LogP) is 2.69. The molecule has 0 amide bonds. The molecule has 5 heteroatoms. The third kappa shape index (κ3) is 3.40. The molecule has 5 nitrogen and oxygen atoms in total. The fourth-order valence-corrected chi connectivity index (χ4v) is 1.87. The molecule has 0 aliphatic carbocycles. The van der Waals surface area contributed by atoms with E-state index in [1.165, 1.54) is 0 Å². The van der Waals surface area contributed by atoms with Crippen molar-refractivity contribution in [2.75, 3.05) is 5.32 Å². The molecule has 0 spiro atoms. The lowest BCUT2D eigenvalue weighted by Crippen LogP contribution is -2.29. The highest BCUT2D eigenvalue weighted by molar-refractivity contribution is 5.78. The lowest BCUT2D eigenvalue weighted by Gasteiger charge is -2.14. The minimum atomic E-state index is -0.858. The van der Waals surface area contributed by atoms with Gasteiger partial charge in [0.05, 0.1) is 17.2 Å². The van der Waals surface area contributed by atoms with Gasteiger partial charge in [-0.2, -0.15) is 0 Å². The number of benzene rings is 1. The van der Waals surface area contributed by atoms with Crippen molar-refractivity contribution >= 4 is 22.8 Å². The van der Waals surface area contributed by atoms with Crippen molar-refractivity contribution in [3.8, 4) is 0 Å². The summed E-state index contributed by atoms with van der Waals surface area (Å²) in [6, 6.07) is 6.89. The summed E-state index contributed by atoms with van der Waals surface area (Å²) in [5, 5.41) is 12.1. The highest BCUT2D eigenvalue weighted by Gasteiger charge is 2.17. The van der Waals surface area contributed by atoms with Gasteiger partial charge in [0.2, 0.25) is 0 Å². The average molecular weight is 259 g/mol. The molecule has 100 valence electrons. The fraction of sp³-hybridized carbons (Fsp3) is 0.357. The molecule has 0 fully saturated rings. The Morgan fingerprint density at radius 2 is 2.11 bits per heavy atom. The maximum atomic E-state index is 11.2. The zero-order valence-electron chi connectivity index (χ0n) is 10.8. The number of hydrogen-bond donors (Lipinski definition) is 2. The smallest absolute Gasteiger partial charge is 0.326 e. The Bertz CT molecular complexity index is 571. The number of para-hydroxylation sites is 2. The van der Waals surface area contributed by atoms with E-state index in [0.717, 1.165) is 23.9 Å². The lowest BCUT2D eigenvalue weighted by molar-refractivity contribution is -0.138. The van der Waals surface area contributed by atoms with E-state index in [1.54, 1.807) is 6.20 Å². The van der Waals surface area contributed by atoms with E-state index < -0.39 is 12.0 Å². The van der Waals surface area contributed by atoms with Gasteiger partial charge < -0.3 is 10.4 Å². The van der Waals surface area contributed by atoms with E-state index in [0.29, 0.717) is 12.2 Å². The summed E-state index contributed by atoms with van der Waals surface area (Å²) in [4.78, 5) is 19.8. The molecule has 1 aromatic carbocycles. The first kappa shape index (κ1) is 13.3. The lowest BCUT2D eigenvalue weighted by atomic mass is 10.1. The minimum Gasteiger partial charge on any atom is -0.480 e. The quantitative estimate of drug-likeness (QED) is 0.834. The first-order chi connectivity index (χ1) is 9.20. The summed E-state index contributed by atoms with van der Waals surface area (Å²) >= 11 is 0. The molecule has 1 atom stereocenters. The summed E-state index contributed by atoms with van der Waals surface area (Å²) in [6.07, 6.45) is 3.99. The molecule has 1 heterocycles. The van der Waals surface area contributed by atoms with Crippen LogP contribution in [0.2, 0.25) is 0 Å². The van der Waals surface area contributed by atoms with Crippen LogP contribution in [0.1, 0.15) is 26.2 Å². The number of carboxylic acids is 1. The first-order valence-electron chi connectivity index (χ1n) is 6.42. The molecule has 0 bridgehead atoms. The van der Waals surface area contributed by atoms with Gasteiger partial charge in [-0.25, -0.2) is 9.78 Å². The Hall–Kier alpha value is -2.17. The molecule has 2 rings (SSSR count). The third-order valence-corrected chi connectivity index (χ3v) is 2.92. The third-order valence-electron chi connectivity index (χ3n) is 2.92. The normalized spacial score (nSPS) is 12.3. The van der Waals surface area contributed by atoms with E-state index in [9.17, 15) is 4.79 Å². The van der Waals surface area contributed by atoms with Gasteiger partial charge in [-0.1, -0.05) is 31.9 Å². The van der Waals surface area contributed by atoms with E-state index in [1.807, 2.05) is 31.2 Å². The van der Waals surface area contributed by atoms with Crippen LogP contribution in [0.4, 0.5) is 5.82 Å². The van der Waals surface area contributed by atoms with Crippen molar-refractivity contribution in [3.63, 3.8) is 0 Å². The number of carboxylic acid groups (broad SMARTS) is 1. The first-order valence-corrected chi connectivity index (χ1v) is 6.42. The van der Waals surface area contributed by atoms with E-state index in [4.69, 9.17) is 5.11 Å². The molecule has 0 radical (unpaired) electrons. The Morgan fingerprint density at radius 3 is 2.79 bits per heavy atom. The molecule has 0 saturated carbocycles. The van der Waals surface area contributed by atoms with Crippen LogP contribution in [0, 0.1) is 0 Å². The van der Waals surface area contributed by atoms with Crippen LogP contribution in [-0.4, -0.2) is 27.1 Å². The van der Waals surface area contributed by atoms with E-state index in [-0.39, 0.29) is 0 Å². The number of nitrogens with one attached hydrogen (secondary N) is 1. The van der Waals surface area contributed by atoms with Gasteiger partial charge in [-0.3, -0.25) is 4.98 Å². The predicted molar refractivity (Wildman–Crippen MR) is 74.1 cm³/mol. The molecule has 19 heavy (non-hydrogen) atoms. The Balaban J connectivity index is 2.16. The molecule has 0 aliphatic rings. The molecule has 0 saturated heterocycles. The van der Waals surface area contributed by atoms with Gasteiger partial charge in [0.15, 0.2) is 0 Å². The summed E-state index contributed by atoms with van der Waals surface area (Å²) in [7, 11) is 0. The van der Waals surface area contributed by atoms with Crippen LogP contribution in [0.5, 0.6) is 0 Å². The van der Waals surface area contributed by atoms with Crippen molar-refractivity contribution in [1.29, 1.82) is 0 Å². The van der Waals surface area contributed by atoms with E-state index in [2.05, 4.69) is 15.3 Å². The van der Waals surface area contributed by atoms with Crippen molar-refractivity contribution in [3.05, 3.63) is 30.5 Å². The second kappa shape index (κ2) is 6.13. The number of carbonyl (C=O) groups is 1. The number of rotatable bonds is 6. The van der Waals surface area contributed by atoms with Gasteiger partial charge in [0.25, 0.3) is 0 Å². The van der Waals surface area contributed by atoms with Crippen molar-refractivity contribution in [1.82, 2.24) is 9.97 Å². The number of unbranched alkanes of at least 4 members (excludes halogenated alkanes) is 1. The molecule has 1 unspecified atom stereocenters. The van der Waals surface area contributed by atoms with Crippen molar-refractivity contribution < 1.29 is 9.90 Å². The van der Waals surface area contributed by atoms with Crippen LogP contribution in [0.25, 0.3) is 11.0 Å². The molecule has 2 aromatic rings. The number of aliphatic carboxylic acids is 1. The maximum absolute atomic E-state index is 11.2. The van der Waals surface area contributed by atoms with Gasteiger partial charge >= 0.3 is 5.97 Å². The maximum Gasteiger partial charge on any atom is 0.326 e. The number of fused-ring (bicyclic) bond motifs is 1. The minimum absolute atomic E-state index is 0.502. The highest BCUT2D eigenvalue weighted by atomic mass is 16.4. The molecule has 2 N–H and O–H groups in total. The molecular formula is C14H17N3O2. The summed E-state index contributed by atoms with van der Waals surface area (Å²) < 4.78 is 0. The molecule has 1 aromatic heterocycles. The molecular weight excluding hydrogens is 242 g/mol. The van der Waals surface area contributed by atoms with Gasteiger partial charge in [0.1, 0.15) is 11.9 Å². The van der Waals surface area contributed by atoms with Gasteiger partial charge in [-0.15, -0.1) is 0 Å². The second-order valence-corrected chi connectivity index (χ2v) is 4.42. The standard InChI is InChI=1S/C14H17N3O2/c1-2-3-6-12(14(18)19)17-13-9-15-10-7-4-5-8-11(10)16-13/h4-5,7-9,12H,2-3,6H2,1H3,(H,16,17)(H,18,19). The SMILES string of the molecule is CCCCC(Nc1cnc2ccccc2n1)C(=O)O. The Labute approximate surface area is 111 Å². The summed E-state index contributed by atoms with van der Waals surface area (Å²) in [5.74, 6) is -0.356. The number of nitrogens with zero attached hydrogens (tertiary/aromatic N) is 2. The Kier molecular flexibility index (Phi) is 4.28. The number of aromatic nitrogens is 2. The van der Waals surface area contributed by atoms with Gasteiger partial charge in [0, 0.05) is 0 Å². The number of anilines is 1. The van der Waals surface area contributed by atoms with Crippen LogP contribution >= 0.6 is 0 Å². The van der Waals surface area contributed by atoms with Gasteiger partial charge in [-0.05, 0) is 18.6 Å². The number of hydrogen-bond acceptors (Lipinski definition) is 4. The second-order valence-electron chi connectivity index (χ2n) is 4.42. The van der Waals surface area contributed by atoms with Crippen molar-refractivity contribution in [2.24, 2.45) is 0 Å². The topological polar surface area (TPSA) is 75.1 Å². The summed E-state index contributed by atoms with van der Waals surface area (Å²) in [6.45, 7) is 2.04. The zero-order valence-corrected chi connectivity index (χ0v) is 10.8.